The van der Waals surface area contributed by atoms with E-state index >= 15 is 0 Å². The van der Waals surface area contributed by atoms with E-state index in [0.29, 0.717) is 25.3 Å². The van der Waals surface area contributed by atoms with Gasteiger partial charge in [0.2, 0.25) is 0 Å². The molecule has 1 atom stereocenters. The molecule has 1 aliphatic heterocycles. The number of thiazole rings is 1. The lowest BCUT2D eigenvalue weighted by Crippen LogP contribution is -2.18. The zero-order valence-electron chi connectivity index (χ0n) is 14.6. The summed E-state index contributed by atoms with van der Waals surface area (Å²) in [6.07, 6.45) is 2.28. The van der Waals surface area contributed by atoms with Crippen molar-refractivity contribution in [2.24, 2.45) is 5.73 Å². The summed E-state index contributed by atoms with van der Waals surface area (Å²) in [5.74, 6) is -0.418. The fourth-order valence-corrected chi connectivity index (χ4v) is 3.80. The number of primary amides is 1. The molecular formula is C17H24N4O3S. The fourth-order valence-electron chi connectivity index (χ4n) is 3.07. The highest BCUT2D eigenvalue weighted by Gasteiger charge is 2.23. The molecule has 1 saturated heterocycles. The molecule has 0 aromatic carbocycles. The van der Waals surface area contributed by atoms with E-state index in [9.17, 15) is 4.79 Å². The molecule has 1 aliphatic rings. The third-order valence-electron chi connectivity index (χ3n) is 4.39. The molecule has 0 spiro atoms. The van der Waals surface area contributed by atoms with Crippen molar-refractivity contribution in [3.05, 3.63) is 22.7 Å². The van der Waals surface area contributed by atoms with Gasteiger partial charge in [-0.3, -0.25) is 4.79 Å². The second-order valence-electron chi connectivity index (χ2n) is 6.10. The van der Waals surface area contributed by atoms with Crippen molar-refractivity contribution in [1.29, 1.82) is 0 Å². The molecule has 1 fully saturated rings. The summed E-state index contributed by atoms with van der Waals surface area (Å²) in [4.78, 5) is 16.4. The Labute approximate surface area is 151 Å². The molecule has 7 nitrogen and oxygen atoms in total. The number of amides is 1. The maximum Gasteiger partial charge on any atom is 0.250 e. The standard InChI is InChI=1S/C17H24N4O3S/c1-11-13(16(18)22)8-15(21(11)9-12-4-3-6-24-12)14-10-25-17(20-14)19-5-7-23-2/h8,10,12H,3-7,9H2,1-2H3,(H2,18,22)(H,19,20). The normalized spacial score (nSPS) is 17.1. The molecule has 2 aromatic heterocycles. The van der Waals surface area contributed by atoms with E-state index in [2.05, 4.69) is 14.9 Å². The van der Waals surface area contributed by atoms with Gasteiger partial charge in [-0.25, -0.2) is 4.98 Å². The van der Waals surface area contributed by atoms with Gasteiger partial charge < -0.3 is 25.1 Å². The molecular weight excluding hydrogens is 340 g/mol. The van der Waals surface area contributed by atoms with Crippen LogP contribution in [-0.2, 0) is 16.0 Å². The molecule has 0 saturated carbocycles. The number of carbonyl (C=O) groups is 1. The van der Waals surface area contributed by atoms with Crippen LogP contribution < -0.4 is 11.1 Å². The van der Waals surface area contributed by atoms with E-state index in [4.69, 9.17) is 15.2 Å². The van der Waals surface area contributed by atoms with Crippen molar-refractivity contribution in [1.82, 2.24) is 9.55 Å². The lowest BCUT2D eigenvalue weighted by atomic mass is 10.2. The van der Waals surface area contributed by atoms with Gasteiger partial charge in [0.15, 0.2) is 5.13 Å². The van der Waals surface area contributed by atoms with Crippen LogP contribution in [0.15, 0.2) is 11.4 Å². The van der Waals surface area contributed by atoms with Gasteiger partial charge >= 0.3 is 0 Å². The highest BCUT2D eigenvalue weighted by atomic mass is 32.1. The number of ether oxygens (including phenoxy) is 2. The van der Waals surface area contributed by atoms with Gasteiger partial charge in [0.25, 0.3) is 5.91 Å². The Morgan fingerprint density at radius 2 is 2.44 bits per heavy atom. The number of aromatic nitrogens is 2. The summed E-state index contributed by atoms with van der Waals surface area (Å²) < 4.78 is 12.9. The van der Waals surface area contributed by atoms with Gasteiger partial charge in [0.1, 0.15) is 0 Å². The molecule has 8 heteroatoms. The third kappa shape index (κ3) is 4.02. The predicted molar refractivity (Wildman–Crippen MR) is 98.1 cm³/mol. The van der Waals surface area contributed by atoms with E-state index in [0.717, 1.165) is 41.7 Å². The highest BCUT2D eigenvalue weighted by Crippen LogP contribution is 2.30. The molecule has 0 bridgehead atoms. The number of hydrogen-bond acceptors (Lipinski definition) is 6. The smallest absolute Gasteiger partial charge is 0.250 e. The van der Waals surface area contributed by atoms with Crippen molar-refractivity contribution in [2.45, 2.75) is 32.4 Å². The average Bonchev–Trinajstić information content (AvgIpc) is 3.30. The van der Waals surface area contributed by atoms with E-state index in [1.54, 1.807) is 7.11 Å². The average molecular weight is 364 g/mol. The Hall–Kier alpha value is -1.90. The highest BCUT2D eigenvalue weighted by molar-refractivity contribution is 7.14. The number of methoxy groups -OCH3 is 1. The van der Waals surface area contributed by atoms with Crippen LogP contribution >= 0.6 is 11.3 Å². The molecule has 25 heavy (non-hydrogen) atoms. The van der Waals surface area contributed by atoms with Gasteiger partial charge in [-0.2, -0.15) is 0 Å². The molecule has 136 valence electrons. The molecule has 1 amide bonds. The Balaban J connectivity index is 1.88. The van der Waals surface area contributed by atoms with Crippen LogP contribution in [0, 0.1) is 6.92 Å². The first kappa shape index (κ1) is 17.9. The van der Waals surface area contributed by atoms with Crippen molar-refractivity contribution >= 4 is 22.4 Å². The van der Waals surface area contributed by atoms with Crippen LogP contribution in [0.5, 0.6) is 0 Å². The third-order valence-corrected chi connectivity index (χ3v) is 5.19. The largest absolute Gasteiger partial charge is 0.383 e. The fraction of sp³-hybridized carbons (Fsp3) is 0.529. The van der Waals surface area contributed by atoms with Crippen molar-refractivity contribution in [3.8, 4) is 11.4 Å². The van der Waals surface area contributed by atoms with Gasteiger partial charge in [0.05, 0.1) is 29.7 Å². The number of nitrogens with one attached hydrogen (secondary N) is 1. The number of nitrogens with two attached hydrogens (primary N) is 1. The lowest BCUT2D eigenvalue weighted by molar-refractivity contribution is 0.0961. The van der Waals surface area contributed by atoms with Crippen LogP contribution in [-0.4, -0.2) is 48.4 Å². The second kappa shape index (κ2) is 7.99. The van der Waals surface area contributed by atoms with E-state index in [-0.39, 0.29) is 6.10 Å². The van der Waals surface area contributed by atoms with Crippen LogP contribution in [0.2, 0.25) is 0 Å². The van der Waals surface area contributed by atoms with Gasteiger partial charge in [-0.1, -0.05) is 0 Å². The maximum absolute atomic E-state index is 11.8. The summed E-state index contributed by atoms with van der Waals surface area (Å²) in [5.41, 5.74) is 8.67. The zero-order chi connectivity index (χ0) is 17.8. The molecule has 2 aromatic rings. The number of carbonyl (C=O) groups excluding carboxylic acids is 1. The topological polar surface area (TPSA) is 91.4 Å². The monoisotopic (exact) mass is 364 g/mol. The van der Waals surface area contributed by atoms with Crippen molar-refractivity contribution in [3.63, 3.8) is 0 Å². The van der Waals surface area contributed by atoms with Crippen LogP contribution in [0.4, 0.5) is 5.13 Å². The minimum atomic E-state index is -0.418. The Morgan fingerprint density at radius 1 is 1.60 bits per heavy atom. The predicted octanol–water partition coefficient (Wildman–Crippen LogP) is 2.26. The summed E-state index contributed by atoms with van der Waals surface area (Å²) in [6.45, 7) is 4.75. The minimum Gasteiger partial charge on any atom is -0.383 e. The first-order chi connectivity index (χ1) is 12.1. The number of anilines is 1. The zero-order valence-corrected chi connectivity index (χ0v) is 15.4. The molecule has 1 unspecified atom stereocenters. The van der Waals surface area contributed by atoms with E-state index < -0.39 is 5.91 Å². The van der Waals surface area contributed by atoms with E-state index in [1.165, 1.54) is 11.3 Å². The SMILES string of the molecule is COCCNc1nc(-c2cc(C(N)=O)c(C)n2CC2CCCO2)cs1. The Kier molecular flexibility index (Phi) is 5.72. The van der Waals surface area contributed by atoms with Gasteiger partial charge in [-0.05, 0) is 25.8 Å². The van der Waals surface area contributed by atoms with E-state index in [1.807, 2.05) is 18.4 Å². The molecule has 3 rings (SSSR count). The first-order valence-corrected chi connectivity index (χ1v) is 9.28. The number of hydrogen-bond donors (Lipinski definition) is 2. The van der Waals surface area contributed by atoms with Gasteiger partial charge in [-0.15, -0.1) is 11.3 Å². The quantitative estimate of drug-likeness (QED) is 0.701. The summed E-state index contributed by atoms with van der Waals surface area (Å²) in [5, 5.41) is 6.04. The van der Waals surface area contributed by atoms with Gasteiger partial charge in [0, 0.05) is 37.9 Å². The van der Waals surface area contributed by atoms with Crippen molar-refractivity contribution < 1.29 is 14.3 Å². The number of rotatable bonds is 8. The summed E-state index contributed by atoms with van der Waals surface area (Å²) >= 11 is 1.53. The Bertz CT molecular complexity index is 734. The van der Waals surface area contributed by atoms with Crippen LogP contribution in [0.25, 0.3) is 11.4 Å². The van der Waals surface area contributed by atoms with Crippen LogP contribution in [0.3, 0.4) is 0 Å². The molecule has 0 radical (unpaired) electrons. The summed E-state index contributed by atoms with van der Waals surface area (Å²) in [7, 11) is 1.67. The molecule has 3 heterocycles. The minimum absolute atomic E-state index is 0.170. The summed E-state index contributed by atoms with van der Waals surface area (Å²) in [6, 6.07) is 1.83. The first-order valence-electron chi connectivity index (χ1n) is 8.40. The second-order valence-corrected chi connectivity index (χ2v) is 6.95. The molecule has 0 aliphatic carbocycles. The lowest BCUT2D eigenvalue weighted by Gasteiger charge is -2.15. The van der Waals surface area contributed by atoms with Crippen LogP contribution in [0.1, 0.15) is 28.9 Å². The molecule has 3 N–H and O–H groups in total. The van der Waals surface area contributed by atoms with Crippen molar-refractivity contribution in [2.75, 3.05) is 32.2 Å². The number of nitrogens with zero attached hydrogens (tertiary/aromatic N) is 2. The Morgan fingerprint density at radius 3 is 3.12 bits per heavy atom. The maximum atomic E-state index is 11.8.